The Kier molecular flexibility index (Phi) is 6.92. The third-order valence-electron chi connectivity index (χ3n) is 3.79. The van der Waals surface area contributed by atoms with Crippen molar-refractivity contribution in [2.24, 2.45) is 0 Å². The van der Waals surface area contributed by atoms with Gasteiger partial charge in [-0.3, -0.25) is 9.10 Å². The van der Waals surface area contributed by atoms with Crippen molar-refractivity contribution in [3.63, 3.8) is 0 Å². The molecule has 10 heteroatoms. The third-order valence-corrected chi connectivity index (χ3v) is 5.48. The van der Waals surface area contributed by atoms with E-state index in [2.05, 4.69) is 10.1 Å². The van der Waals surface area contributed by atoms with Gasteiger partial charge in [0.1, 0.15) is 6.54 Å². The lowest BCUT2D eigenvalue weighted by atomic mass is 10.2. The van der Waals surface area contributed by atoms with E-state index in [-0.39, 0.29) is 16.3 Å². The standard InChI is InChI=1S/C18H18Cl2N2O5S/c1-11-4-6-13(19)9-16(11)22(28(3,25)26)10-17(23)21-15-8-12(18(24)27-2)5-7-14(15)20/h4-9H,10H2,1-3H3,(H,21,23). The smallest absolute Gasteiger partial charge is 0.337 e. The van der Waals surface area contributed by atoms with Gasteiger partial charge in [0.25, 0.3) is 0 Å². The fourth-order valence-corrected chi connectivity index (χ4v) is 3.66. The lowest BCUT2D eigenvalue weighted by molar-refractivity contribution is -0.114. The number of anilines is 2. The summed E-state index contributed by atoms with van der Waals surface area (Å²) in [6, 6.07) is 8.97. The van der Waals surface area contributed by atoms with E-state index in [1.54, 1.807) is 19.1 Å². The summed E-state index contributed by atoms with van der Waals surface area (Å²) in [4.78, 5) is 24.2. The summed E-state index contributed by atoms with van der Waals surface area (Å²) in [5, 5.41) is 3.04. The van der Waals surface area contributed by atoms with Crippen molar-refractivity contribution in [2.45, 2.75) is 6.92 Å². The second kappa shape index (κ2) is 8.81. The minimum Gasteiger partial charge on any atom is -0.465 e. The molecule has 0 atom stereocenters. The van der Waals surface area contributed by atoms with Gasteiger partial charge in [0.05, 0.1) is 35.3 Å². The number of carbonyl (C=O) groups excluding carboxylic acids is 2. The molecular weight excluding hydrogens is 427 g/mol. The molecule has 0 aromatic heterocycles. The Hall–Kier alpha value is -2.29. The molecule has 1 N–H and O–H groups in total. The Morgan fingerprint density at radius 2 is 1.82 bits per heavy atom. The van der Waals surface area contributed by atoms with Crippen LogP contribution in [0.5, 0.6) is 0 Å². The molecule has 0 bridgehead atoms. The zero-order chi connectivity index (χ0) is 21.1. The molecule has 0 spiro atoms. The molecule has 0 aliphatic rings. The van der Waals surface area contributed by atoms with Crippen molar-refractivity contribution in [2.75, 3.05) is 29.5 Å². The monoisotopic (exact) mass is 444 g/mol. The zero-order valence-electron chi connectivity index (χ0n) is 15.3. The molecule has 0 saturated carbocycles. The molecule has 150 valence electrons. The number of sulfonamides is 1. The number of esters is 1. The number of rotatable bonds is 6. The van der Waals surface area contributed by atoms with E-state index in [0.29, 0.717) is 16.3 Å². The topological polar surface area (TPSA) is 92.8 Å². The van der Waals surface area contributed by atoms with E-state index in [0.717, 1.165) is 10.6 Å². The van der Waals surface area contributed by atoms with Crippen molar-refractivity contribution in [3.05, 3.63) is 57.6 Å². The Labute approximate surface area is 173 Å². The number of hydrogen-bond donors (Lipinski definition) is 1. The number of nitrogens with zero attached hydrogens (tertiary/aromatic N) is 1. The quantitative estimate of drug-likeness (QED) is 0.688. The molecule has 0 radical (unpaired) electrons. The maximum Gasteiger partial charge on any atom is 0.337 e. The number of nitrogens with one attached hydrogen (secondary N) is 1. The van der Waals surface area contributed by atoms with Crippen LogP contribution in [0.25, 0.3) is 0 Å². The van der Waals surface area contributed by atoms with Gasteiger partial charge in [-0.15, -0.1) is 0 Å². The van der Waals surface area contributed by atoms with Crippen molar-refractivity contribution >= 4 is 56.5 Å². The number of aryl methyl sites for hydroxylation is 1. The first-order valence-corrected chi connectivity index (χ1v) is 10.5. The van der Waals surface area contributed by atoms with Gasteiger partial charge in [0.2, 0.25) is 15.9 Å². The number of ether oxygens (including phenoxy) is 1. The van der Waals surface area contributed by atoms with Gasteiger partial charge in [0, 0.05) is 5.02 Å². The van der Waals surface area contributed by atoms with Gasteiger partial charge < -0.3 is 10.1 Å². The van der Waals surface area contributed by atoms with Crippen LogP contribution in [0.2, 0.25) is 10.0 Å². The molecule has 28 heavy (non-hydrogen) atoms. The summed E-state index contributed by atoms with van der Waals surface area (Å²) in [6.45, 7) is 1.21. The normalized spacial score (nSPS) is 11.0. The summed E-state index contributed by atoms with van der Waals surface area (Å²) in [7, 11) is -2.54. The third kappa shape index (κ3) is 5.37. The van der Waals surface area contributed by atoms with Gasteiger partial charge in [-0.2, -0.15) is 0 Å². The van der Waals surface area contributed by atoms with Crippen LogP contribution in [0.1, 0.15) is 15.9 Å². The maximum absolute atomic E-state index is 12.5. The van der Waals surface area contributed by atoms with Gasteiger partial charge in [-0.25, -0.2) is 13.2 Å². The SMILES string of the molecule is COC(=O)c1ccc(Cl)c(NC(=O)CN(c2cc(Cl)ccc2C)S(C)(=O)=O)c1. The number of amides is 1. The molecular formula is C18H18Cl2N2O5S. The molecule has 0 unspecified atom stereocenters. The predicted octanol–water partition coefficient (Wildman–Crippen LogP) is 3.49. The van der Waals surface area contributed by atoms with Crippen molar-refractivity contribution < 1.29 is 22.7 Å². The molecule has 0 aliphatic heterocycles. The molecule has 1 amide bonds. The number of hydrogen-bond acceptors (Lipinski definition) is 5. The van der Waals surface area contributed by atoms with Crippen molar-refractivity contribution in [1.29, 1.82) is 0 Å². The van der Waals surface area contributed by atoms with Crippen LogP contribution in [0.4, 0.5) is 11.4 Å². The second-order valence-corrected chi connectivity index (χ2v) is 8.69. The van der Waals surface area contributed by atoms with Crippen molar-refractivity contribution in [1.82, 2.24) is 0 Å². The highest BCUT2D eigenvalue weighted by atomic mass is 35.5. The second-order valence-electron chi connectivity index (χ2n) is 5.93. The highest BCUT2D eigenvalue weighted by molar-refractivity contribution is 7.92. The van der Waals surface area contributed by atoms with Crippen LogP contribution >= 0.6 is 23.2 Å². The first-order valence-electron chi connectivity index (χ1n) is 7.94. The summed E-state index contributed by atoms with van der Waals surface area (Å²) < 4.78 is 30.1. The number of methoxy groups -OCH3 is 1. The van der Waals surface area contributed by atoms with Crippen LogP contribution < -0.4 is 9.62 Å². The van der Waals surface area contributed by atoms with Crippen LogP contribution in [-0.2, 0) is 19.6 Å². The highest BCUT2D eigenvalue weighted by Gasteiger charge is 2.23. The number of halogens is 2. The van der Waals surface area contributed by atoms with Crippen LogP contribution in [-0.4, -0.2) is 40.2 Å². The van der Waals surface area contributed by atoms with Gasteiger partial charge in [-0.1, -0.05) is 29.3 Å². The van der Waals surface area contributed by atoms with E-state index in [9.17, 15) is 18.0 Å². The fourth-order valence-electron chi connectivity index (χ4n) is 2.42. The molecule has 7 nitrogen and oxygen atoms in total. The Morgan fingerprint density at radius 3 is 2.43 bits per heavy atom. The molecule has 0 saturated heterocycles. The fraction of sp³-hybridized carbons (Fsp3) is 0.222. The Morgan fingerprint density at radius 1 is 1.14 bits per heavy atom. The zero-order valence-corrected chi connectivity index (χ0v) is 17.7. The summed E-state index contributed by atoms with van der Waals surface area (Å²) >= 11 is 12.0. The van der Waals surface area contributed by atoms with Crippen LogP contribution in [0, 0.1) is 6.92 Å². The van der Waals surface area contributed by atoms with E-state index in [1.165, 1.54) is 31.4 Å². The van der Waals surface area contributed by atoms with E-state index >= 15 is 0 Å². The Balaban J connectivity index is 2.31. The molecule has 2 rings (SSSR count). The lowest BCUT2D eigenvalue weighted by Crippen LogP contribution is -2.38. The van der Waals surface area contributed by atoms with Gasteiger partial charge >= 0.3 is 5.97 Å². The van der Waals surface area contributed by atoms with E-state index < -0.39 is 28.4 Å². The van der Waals surface area contributed by atoms with E-state index in [1.807, 2.05) is 0 Å². The predicted molar refractivity (Wildman–Crippen MR) is 110 cm³/mol. The van der Waals surface area contributed by atoms with Crippen molar-refractivity contribution in [3.8, 4) is 0 Å². The Bertz CT molecular complexity index is 1020. The van der Waals surface area contributed by atoms with E-state index in [4.69, 9.17) is 23.2 Å². The number of benzene rings is 2. The first kappa shape index (κ1) is 22.0. The number of carbonyl (C=O) groups is 2. The van der Waals surface area contributed by atoms with Crippen LogP contribution in [0.15, 0.2) is 36.4 Å². The average molecular weight is 445 g/mol. The molecule has 0 heterocycles. The van der Waals surface area contributed by atoms with Gasteiger partial charge in [0.15, 0.2) is 0 Å². The molecule has 0 aliphatic carbocycles. The summed E-state index contributed by atoms with van der Waals surface area (Å²) in [6.07, 6.45) is 0.992. The van der Waals surface area contributed by atoms with Crippen LogP contribution in [0.3, 0.4) is 0 Å². The summed E-state index contributed by atoms with van der Waals surface area (Å²) in [5.74, 6) is -1.24. The van der Waals surface area contributed by atoms with Gasteiger partial charge in [-0.05, 0) is 42.8 Å². The largest absolute Gasteiger partial charge is 0.465 e. The molecule has 2 aromatic carbocycles. The maximum atomic E-state index is 12.5. The highest BCUT2D eigenvalue weighted by Crippen LogP contribution is 2.27. The first-order chi connectivity index (χ1) is 13.0. The lowest BCUT2D eigenvalue weighted by Gasteiger charge is -2.24. The minimum atomic E-state index is -3.77. The molecule has 2 aromatic rings. The average Bonchev–Trinajstić information content (AvgIpc) is 2.62. The minimum absolute atomic E-state index is 0.158. The summed E-state index contributed by atoms with van der Waals surface area (Å²) in [5.41, 5.74) is 1.27. The molecule has 0 fully saturated rings.